The Morgan fingerprint density at radius 1 is 1.33 bits per heavy atom. The van der Waals surface area contributed by atoms with Gasteiger partial charge in [-0.15, -0.1) is 0 Å². The Balaban J connectivity index is 2.66. The van der Waals surface area contributed by atoms with E-state index in [1.165, 1.54) is 6.42 Å². The molecule has 0 nitrogen and oxygen atoms in total. The monoisotopic (exact) mass is 276 g/mol. The Morgan fingerprint density at radius 2 is 2.00 bits per heavy atom. The van der Waals surface area contributed by atoms with Gasteiger partial charge in [-0.1, -0.05) is 0 Å². The van der Waals surface area contributed by atoms with Crippen molar-refractivity contribution in [3.63, 3.8) is 0 Å². The van der Waals surface area contributed by atoms with Crippen molar-refractivity contribution in [2.75, 3.05) is 0 Å². The molecule has 0 N–H and O–H groups in total. The third kappa shape index (κ3) is 2.10. The second-order valence-corrected chi connectivity index (χ2v) is 12.0. The molecule has 0 radical (unpaired) electrons. The maximum absolute atomic E-state index is 2.42. The molecule has 0 aromatic heterocycles. The minimum atomic E-state index is -1.19. The average molecular weight is 277 g/mol. The van der Waals surface area contributed by atoms with Gasteiger partial charge >= 0.3 is 65.2 Å². The molecule has 9 heavy (non-hydrogen) atoms. The Kier molecular flexibility index (Phi) is 2.41. The van der Waals surface area contributed by atoms with Crippen molar-refractivity contribution >= 4 is 0 Å². The fourth-order valence-electron chi connectivity index (χ4n) is 0.723. The van der Waals surface area contributed by atoms with E-state index >= 15 is 0 Å². The Morgan fingerprint density at radius 3 is 2.22 bits per heavy atom. The first kappa shape index (κ1) is 7.83. The molecule has 0 saturated heterocycles. The van der Waals surface area contributed by atoms with Crippen molar-refractivity contribution in [1.82, 2.24) is 0 Å². The van der Waals surface area contributed by atoms with Crippen LogP contribution in [-0.4, -0.2) is 0 Å². The van der Waals surface area contributed by atoms with Crippen LogP contribution in [0.3, 0.4) is 0 Å². The van der Waals surface area contributed by atoms with Crippen molar-refractivity contribution in [1.29, 1.82) is 0 Å². The van der Waals surface area contributed by atoms with Gasteiger partial charge < -0.3 is 0 Å². The van der Waals surface area contributed by atoms with E-state index in [-0.39, 0.29) is 0 Å². The first-order valence-electron chi connectivity index (χ1n) is 2.73. The first-order chi connectivity index (χ1) is 4.11. The van der Waals surface area contributed by atoms with Crippen LogP contribution in [0.1, 0.15) is 6.42 Å². The molecule has 0 unspecified atom stereocenters. The fraction of sp³-hybridized carbons (Fsp3) is 0.500. The van der Waals surface area contributed by atoms with Gasteiger partial charge in [0.2, 0.25) is 0 Å². The maximum atomic E-state index is 2.42. The minimum absolute atomic E-state index is 1.19. The zero-order valence-electron chi connectivity index (χ0n) is 6.23. The van der Waals surface area contributed by atoms with Crippen molar-refractivity contribution < 1.29 is 29.6 Å². The zero-order valence-corrected chi connectivity index (χ0v) is 8.08. The molecule has 1 rings (SSSR count). The van der Waals surface area contributed by atoms with Crippen LogP contribution in [0.5, 0.6) is 0 Å². The molecule has 0 fully saturated rings. The summed E-state index contributed by atoms with van der Waals surface area (Å²) in [6.07, 6.45) is 7.96. The summed E-state index contributed by atoms with van der Waals surface area (Å²) in [6.45, 7) is 0. The molecule has 0 aliphatic heterocycles. The predicted molar refractivity (Wildman–Crippen MR) is 39.4 cm³/mol. The quantitative estimate of drug-likeness (QED) is 0.691. The summed E-state index contributed by atoms with van der Waals surface area (Å²) >= 11 is -1.19. The van der Waals surface area contributed by atoms with Crippen molar-refractivity contribution in [2.45, 2.75) is 15.7 Å². The van der Waals surface area contributed by atoms with Crippen LogP contribution in [0.4, 0.5) is 0 Å². The Hall–Kier alpha value is 0.727. The van der Waals surface area contributed by atoms with Gasteiger partial charge in [-0.2, -0.15) is 0 Å². The molecule has 0 aromatic rings. The van der Waals surface area contributed by atoms with Crippen LogP contribution >= 0.6 is 0 Å². The molecule has 0 heterocycles. The van der Waals surface area contributed by atoms with E-state index in [9.17, 15) is 0 Å². The zero-order chi connectivity index (χ0) is 6.91. The van der Waals surface area contributed by atoms with E-state index < -0.39 is 29.6 Å². The van der Waals surface area contributed by atoms with Crippen molar-refractivity contribution in [2.24, 2.45) is 0 Å². The summed E-state index contributed by atoms with van der Waals surface area (Å²) in [5, 5.41) is 0. The summed E-state index contributed by atoms with van der Waals surface area (Å²) in [5.41, 5.74) is 0. The van der Waals surface area contributed by atoms with E-state index in [4.69, 9.17) is 0 Å². The SMILES string of the molecule is [CH3][Er]([CH3])([CH3])[C]1=CC=CC1. The van der Waals surface area contributed by atoms with Gasteiger partial charge in [0.15, 0.2) is 0 Å². The van der Waals surface area contributed by atoms with Gasteiger partial charge in [0.1, 0.15) is 0 Å². The van der Waals surface area contributed by atoms with Crippen LogP contribution in [0.2, 0.25) is 9.25 Å². The van der Waals surface area contributed by atoms with Crippen molar-refractivity contribution in [3.8, 4) is 0 Å². The number of rotatable bonds is 1. The summed E-state index contributed by atoms with van der Waals surface area (Å²) < 4.78 is 8.98. The Bertz CT molecular complexity index is 158. The molecule has 1 aliphatic carbocycles. The van der Waals surface area contributed by atoms with Crippen LogP contribution in [-0.2, 0) is 0 Å². The van der Waals surface area contributed by atoms with E-state index in [1.807, 2.05) is 0 Å². The molecule has 0 atom stereocenters. The second-order valence-electron chi connectivity index (χ2n) is 2.49. The topological polar surface area (TPSA) is 0 Å². The average Bonchev–Trinajstić information content (AvgIpc) is 2.08. The van der Waals surface area contributed by atoms with E-state index in [0.717, 1.165) is 0 Å². The van der Waals surface area contributed by atoms with Crippen LogP contribution in [0.15, 0.2) is 20.0 Å². The molecule has 58 valence electrons. The molecule has 0 aromatic carbocycles. The molecule has 0 saturated carbocycles. The van der Waals surface area contributed by atoms with Crippen LogP contribution in [0, 0.1) is 29.6 Å². The van der Waals surface area contributed by atoms with E-state index in [2.05, 4.69) is 27.5 Å². The van der Waals surface area contributed by atoms with Crippen LogP contribution < -0.4 is 0 Å². The van der Waals surface area contributed by atoms with Gasteiger partial charge in [-0.3, -0.25) is 0 Å². The van der Waals surface area contributed by atoms with E-state index in [1.54, 1.807) is 1.73 Å². The van der Waals surface area contributed by atoms with Crippen LogP contribution in [0.25, 0.3) is 0 Å². The predicted octanol–water partition coefficient (Wildman–Crippen LogP) is 3.13. The molecule has 0 amide bonds. The Labute approximate surface area is 64.5 Å². The molecule has 0 spiro atoms. The van der Waals surface area contributed by atoms with E-state index in [0.29, 0.717) is 0 Å². The number of hydrogen-bond donors (Lipinski definition) is 0. The molecule has 0 bridgehead atoms. The molecule has 1 heteroatoms. The normalized spacial score (nSPS) is 20.1. The molecule has 1 aliphatic rings. The third-order valence-corrected chi connectivity index (χ3v) is 5.50. The number of allylic oxidation sites excluding steroid dienone is 4. The molecular formula is C8H14Er. The summed E-state index contributed by atoms with van der Waals surface area (Å²) in [6, 6.07) is 0. The van der Waals surface area contributed by atoms with Gasteiger partial charge in [0, 0.05) is 0 Å². The standard InChI is InChI=1S/C5H5.3CH3.Er/c1-2-4-5-3-1;;;;/h1-3H,4H2;3*1H3;. The summed E-state index contributed by atoms with van der Waals surface area (Å²) in [5.74, 6) is 0. The van der Waals surface area contributed by atoms with Gasteiger partial charge in [0.25, 0.3) is 0 Å². The van der Waals surface area contributed by atoms with Gasteiger partial charge in [-0.05, 0) is 0 Å². The van der Waals surface area contributed by atoms with Crippen molar-refractivity contribution in [3.05, 3.63) is 20.0 Å². The summed E-state index contributed by atoms with van der Waals surface area (Å²) in [4.78, 5) is 0. The number of hydrogen-bond acceptors (Lipinski definition) is 0. The van der Waals surface area contributed by atoms with Gasteiger partial charge in [-0.25, -0.2) is 0 Å². The second kappa shape index (κ2) is 2.77. The fourth-order valence-corrected chi connectivity index (χ4v) is 3.18. The summed E-state index contributed by atoms with van der Waals surface area (Å²) in [7, 11) is 0. The van der Waals surface area contributed by atoms with Gasteiger partial charge in [0.05, 0.1) is 0 Å². The molecular weight excluding hydrogens is 263 g/mol. The third-order valence-electron chi connectivity index (χ3n) is 1.25. The first-order valence-corrected chi connectivity index (χ1v) is 9.21.